The summed E-state index contributed by atoms with van der Waals surface area (Å²) >= 11 is 0. The van der Waals surface area contributed by atoms with E-state index in [0.29, 0.717) is 18.1 Å². The molecular formula is C17H21F3N2O2. The molecule has 0 saturated carbocycles. The standard InChI is InChI=1S/C17H21F3N2O2/c1-11-12(2)22(7-8-24-4)15-6-5-13(9-14(11)15)16(23)21(3)10-17(18,19)20/h5-6,9H,7-8,10H2,1-4H3. The summed E-state index contributed by atoms with van der Waals surface area (Å²) < 4.78 is 44.6. The number of fused-ring (bicyclic) bond motifs is 1. The van der Waals surface area contributed by atoms with Gasteiger partial charge in [0.1, 0.15) is 6.54 Å². The van der Waals surface area contributed by atoms with E-state index in [2.05, 4.69) is 4.57 Å². The van der Waals surface area contributed by atoms with Gasteiger partial charge in [-0.1, -0.05) is 0 Å². The molecule has 1 aromatic carbocycles. The molecule has 0 atom stereocenters. The van der Waals surface area contributed by atoms with Gasteiger partial charge in [0.2, 0.25) is 0 Å². The Kier molecular flexibility index (Phi) is 5.22. The number of methoxy groups -OCH3 is 1. The zero-order chi connectivity index (χ0) is 18.1. The lowest BCUT2D eigenvalue weighted by molar-refractivity contribution is -0.138. The van der Waals surface area contributed by atoms with Gasteiger partial charge in [-0.05, 0) is 37.6 Å². The summed E-state index contributed by atoms with van der Waals surface area (Å²) in [5.41, 5.74) is 3.25. The quantitative estimate of drug-likeness (QED) is 0.833. The topological polar surface area (TPSA) is 34.5 Å². The van der Waals surface area contributed by atoms with Crippen LogP contribution in [0.25, 0.3) is 10.9 Å². The number of ether oxygens (including phenoxy) is 1. The van der Waals surface area contributed by atoms with Crippen molar-refractivity contribution in [3.05, 3.63) is 35.0 Å². The van der Waals surface area contributed by atoms with Crippen molar-refractivity contribution in [3.63, 3.8) is 0 Å². The van der Waals surface area contributed by atoms with Crippen LogP contribution in [-0.2, 0) is 11.3 Å². The summed E-state index contributed by atoms with van der Waals surface area (Å²) in [6.07, 6.45) is -4.41. The highest BCUT2D eigenvalue weighted by atomic mass is 19.4. The van der Waals surface area contributed by atoms with E-state index < -0.39 is 18.6 Å². The number of aryl methyl sites for hydroxylation is 1. The maximum Gasteiger partial charge on any atom is 0.406 e. The van der Waals surface area contributed by atoms with E-state index >= 15 is 0 Å². The molecule has 0 unspecified atom stereocenters. The van der Waals surface area contributed by atoms with E-state index in [4.69, 9.17) is 4.74 Å². The van der Waals surface area contributed by atoms with Crippen LogP contribution in [0.4, 0.5) is 13.2 Å². The van der Waals surface area contributed by atoms with Crippen LogP contribution in [0.15, 0.2) is 18.2 Å². The van der Waals surface area contributed by atoms with Crippen molar-refractivity contribution >= 4 is 16.8 Å². The number of aromatic nitrogens is 1. The van der Waals surface area contributed by atoms with E-state index in [1.807, 2.05) is 13.8 Å². The second-order valence-corrected chi connectivity index (χ2v) is 5.86. The van der Waals surface area contributed by atoms with Crippen LogP contribution in [0.1, 0.15) is 21.6 Å². The smallest absolute Gasteiger partial charge is 0.383 e. The molecule has 0 aliphatic heterocycles. The fourth-order valence-corrected chi connectivity index (χ4v) is 2.81. The highest BCUT2D eigenvalue weighted by molar-refractivity contribution is 5.99. The normalized spacial score (nSPS) is 12.0. The molecule has 1 heterocycles. The summed E-state index contributed by atoms with van der Waals surface area (Å²) in [7, 11) is 2.78. The first-order valence-electron chi connectivity index (χ1n) is 7.56. The summed E-state index contributed by atoms with van der Waals surface area (Å²) in [6.45, 7) is 3.88. The predicted octanol–water partition coefficient (Wildman–Crippen LogP) is 3.54. The minimum absolute atomic E-state index is 0.251. The second kappa shape index (κ2) is 6.84. The minimum Gasteiger partial charge on any atom is -0.383 e. The van der Waals surface area contributed by atoms with Gasteiger partial charge in [0, 0.05) is 42.9 Å². The molecule has 0 aliphatic carbocycles. The largest absolute Gasteiger partial charge is 0.406 e. The molecule has 0 fully saturated rings. The Morgan fingerprint density at radius 2 is 1.96 bits per heavy atom. The van der Waals surface area contributed by atoms with Crippen LogP contribution < -0.4 is 0 Å². The Morgan fingerprint density at radius 1 is 1.29 bits per heavy atom. The lowest BCUT2D eigenvalue weighted by atomic mass is 10.1. The molecular weight excluding hydrogens is 321 g/mol. The Labute approximate surface area is 138 Å². The van der Waals surface area contributed by atoms with Crippen LogP contribution >= 0.6 is 0 Å². The average Bonchev–Trinajstić information content (AvgIpc) is 2.74. The zero-order valence-electron chi connectivity index (χ0n) is 14.2. The molecule has 0 aliphatic rings. The molecule has 1 amide bonds. The van der Waals surface area contributed by atoms with Crippen molar-refractivity contribution in [2.75, 3.05) is 27.3 Å². The Morgan fingerprint density at radius 3 is 2.54 bits per heavy atom. The van der Waals surface area contributed by atoms with Crippen molar-refractivity contribution in [2.45, 2.75) is 26.6 Å². The van der Waals surface area contributed by atoms with Crippen molar-refractivity contribution < 1.29 is 22.7 Å². The Balaban J connectivity index is 2.38. The summed E-state index contributed by atoms with van der Waals surface area (Å²) in [6, 6.07) is 5.01. The van der Waals surface area contributed by atoms with Gasteiger partial charge in [0.15, 0.2) is 0 Å². The van der Waals surface area contributed by atoms with Gasteiger partial charge >= 0.3 is 6.18 Å². The number of nitrogens with zero attached hydrogens (tertiary/aromatic N) is 2. The van der Waals surface area contributed by atoms with Gasteiger partial charge in [0.05, 0.1) is 6.61 Å². The van der Waals surface area contributed by atoms with Crippen molar-refractivity contribution in [1.82, 2.24) is 9.47 Å². The number of amides is 1. The first-order valence-corrected chi connectivity index (χ1v) is 7.56. The predicted molar refractivity (Wildman–Crippen MR) is 86.3 cm³/mol. The van der Waals surface area contributed by atoms with Gasteiger partial charge < -0.3 is 14.2 Å². The number of carbonyl (C=O) groups is 1. The van der Waals surface area contributed by atoms with Crippen molar-refractivity contribution in [2.24, 2.45) is 0 Å². The van der Waals surface area contributed by atoms with Crippen molar-refractivity contribution in [1.29, 1.82) is 0 Å². The van der Waals surface area contributed by atoms with Gasteiger partial charge in [-0.25, -0.2) is 0 Å². The van der Waals surface area contributed by atoms with Crippen LogP contribution in [0.2, 0.25) is 0 Å². The zero-order valence-corrected chi connectivity index (χ0v) is 14.2. The first-order chi connectivity index (χ1) is 11.2. The summed E-state index contributed by atoms with van der Waals surface area (Å²) in [5, 5.41) is 0.870. The van der Waals surface area contributed by atoms with E-state index in [1.165, 1.54) is 0 Å². The third kappa shape index (κ3) is 3.72. The highest BCUT2D eigenvalue weighted by Gasteiger charge is 2.31. The number of rotatable bonds is 5. The molecule has 4 nitrogen and oxygen atoms in total. The van der Waals surface area contributed by atoms with Gasteiger partial charge in [-0.3, -0.25) is 4.79 Å². The van der Waals surface area contributed by atoms with Crippen LogP contribution in [0, 0.1) is 13.8 Å². The molecule has 2 aromatic rings. The maximum atomic E-state index is 12.5. The third-order valence-corrected chi connectivity index (χ3v) is 4.17. The van der Waals surface area contributed by atoms with E-state index in [9.17, 15) is 18.0 Å². The van der Waals surface area contributed by atoms with E-state index in [-0.39, 0.29) is 5.56 Å². The molecule has 0 N–H and O–H groups in total. The molecule has 2 rings (SSSR count). The number of alkyl halides is 3. The molecule has 7 heteroatoms. The summed E-state index contributed by atoms with van der Waals surface area (Å²) in [5.74, 6) is -0.643. The average molecular weight is 342 g/mol. The van der Waals surface area contributed by atoms with Crippen molar-refractivity contribution in [3.8, 4) is 0 Å². The van der Waals surface area contributed by atoms with Crippen LogP contribution in [0.5, 0.6) is 0 Å². The fourth-order valence-electron chi connectivity index (χ4n) is 2.81. The number of hydrogen-bond donors (Lipinski definition) is 0. The van der Waals surface area contributed by atoms with Gasteiger partial charge in [-0.15, -0.1) is 0 Å². The lowest BCUT2D eigenvalue weighted by Gasteiger charge is -2.19. The molecule has 0 bridgehead atoms. The molecule has 0 saturated heterocycles. The highest BCUT2D eigenvalue weighted by Crippen LogP contribution is 2.27. The minimum atomic E-state index is -4.41. The fraction of sp³-hybridized carbons (Fsp3) is 0.471. The monoisotopic (exact) mass is 342 g/mol. The van der Waals surface area contributed by atoms with Gasteiger partial charge in [0.25, 0.3) is 5.91 Å². The molecule has 0 spiro atoms. The molecule has 0 radical (unpaired) electrons. The van der Waals surface area contributed by atoms with Gasteiger partial charge in [-0.2, -0.15) is 13.2 Å². The van der Waals surface area contributed by atoms with Crippen LogP contribution in [-0.4, -0.2) is 48.9 Å². The van der Waals surface area contributed by atoms with E-state index in [1.54, 1.807) is 25.3 Å². The number of benzene rings is 1. The third-order valence-electron chi connectivity index (χ3n) is 4.17. The number of hydrogen-bond acceptors (Lipinski definition) is 2. The lowest BCUT2D eigenvalue weighted by Crippen LogP contribution is -2.35. The molecule has 132 valence electrons. The van der Waals surface area contributed by atoms with E-state index in [0.717, 1.165) is 29.2 Å². The first kappa shape index (κ1) is 18.3. The van der Waals surface area contributed by atoms with Crippen LogP contribution in [0.3, 0.4) is 0 Å². The SMILES string of the molecule is COCCn1c(C)c(C)c2cc(C(=O)N(C)CC(F)(F)F)ccc21. The Bertz CT molecular complexity index is 750. The maximum absolute atomic E-state index is 12.5. The number of halogens is 3. The second-order valence-electron chi connectivity index (χ2n) is 5.86. The number of carbonyl (C=O) groups excluding carboxylic acids is 1. The Hall–Kier alpha value is -2.02. The molecule has 1 aromatic heterocycles. The summed E-state index contributed by atoms with van der Waals surface area (Å²) in [4.78, 5) is 12.9. The molecule has 24 heavy (non-hydrogen) atoms.